The van der Waals surface area contributed by atoms with Crippen LogP contribution in [-0.4, -0.2) is 35.0 Å². The molecule has 0 aliphatic carbocycles. The van der Waals surface area contributed by atoms with Gasteiger partial charge in [0.05, 0.1) is 0 Å². The minimum atomic E-state index is -1.43. The van der Waals surface area contributed by atoms with E-state index in [1.54, 1.807) is 18.2 Å². The fourth-order valence-corrected chi connectivity index (χ4v) is 2.34. The van der Waals surface area contributed by atoms with Gasteiger partial charge in [0.2, 0.25) is 0 Å². The number of halogens is 1. The van der Waals surface area contributed by atoms with Crippen LogP contribution in [0.2, 0.25) is 0 Å². The molecule has 1 amide bonds. The zero-order valence-corrected chi connectivity index (χ0v) is 9.80. The number of carbonyl (C=O) groups excluding carboxylic acids is 1. The highest BCUT2D eigenvalue weighted by Crippen LogP contribution is 2.29. The third kappa shape index (κ3) is 2.50. The molecule has 0 unspecified atom stereocenters. The van der Waals surface area contributed by atoms with E-state index in [4.69, 9.17) is 5.11 Å². The van der Waals surface area contributed by atoms with Crippen molar-refractivity contribution in [3.8, 4) is 0 Å². The highest BCUT2D eigenvalue weighted by atomic mass is 19.1. The molecule has 4 nitrogen and oxygen atoms in total. The number of carboxylic acids is 1. The number of likely N-dealkylation sites (tertiary alicyclic amines) is 1. The van der Waals surface area contributed by atoms with Crippen LogP contribution in [0.15, 0.2) is 24.3 Å². The molecule has 1 N–H and O–H groups in total. The van der Waals surface area contributed by atoms with Crippen molar-refractivity contribution in [3.63, 3.8) is 0 Å². The molecule has 2 rings (SSSR count). The molecule has 1 fully saturated rings. The number of benzene rings is 1. The SMILES string of the molecule is O=C(O)C(=O)N1CCC(c2ccccc2F)CC1. The number of nitrogens with zero attached hydrogens (tertiary/aromatic N) is 1. The van der Waals surface area contributed by atoms with Crippen LogP contribution in [0.5, 0.6) is 0 Å². The zero-order valence-electron chi connectivity index (χ0n) is 9.80. The summed E-state index contributed by atoms with van der Waals surface area (Å²) in [6.45, 7) is 0.730. The van der Waals surface area contributed by atoms with Crippen LogP contribution in [0, 0.1) is 5.82 Å². The number of carboxylic acid groups (broad SMARTS) is 1. The first kappa shape index (κ1) is 12.5. The Bertz CT molecular complexity index is 467. The molecule has 0 saturated carbocycles. The highest BCUT2D eigenvalue weighted by molar-refractivity contribution is 6.31. The van der Waals surface area contributed by atoms with Gasteiger partial charge in [-0.25, -0.2) is 9.18 Å². The minimum Gasteiger partial charge on any atom is -0.474 e. The summed E-state index contributed by atoms with van der Waals surface area (Å²) in [4.78, 5) is 23.1. The van der Waals surface area contributed by atoms with Crippen molar-refractivity contribution in [3.05, 3.63) is 35.6 Å². The van der Waals surface area contributed by atoms with Crippen LogP contribution >= 0.6 is 0 Å². The van der Waals surface area contributed by atoms with E-state index in [0.717, 1.165) is 0 Å². The van der Waals surface area contributed by atoms with Gasteiger partial charge in [-0.05, 0) is 30.4 Å². The molecule has 0 aromatic heterocycles. The van der Waals surface area contributed by atoms with Crippen LogP contribution in [-0.2, 0) is 9.59 Å². The maximum atomic E-state index is 13.6. The molecule has 5 heteroatoms. The number of amides is 1. The molecule has 1 saturated heterocycles. The normalized spacial score (nSPS) is 16.6. The molecule has 0 radical (unpaired) electrons. The average molecular weight is 251 g/mol. The Balaban J connectivity index is 2.01. The molecule has 0 spiro atoms. The largest absolute Gasteiger partial charge is 0.474 e. The Morgan fingerprint density at radius 3 is 2.39 bits per heavy atom. The van der Waals surface area contributed by atoms with Gasteiger partial charge in [0.15, 0.2) is 0 Å². The van der Waals surface area contributed by atoms with E-state index in [2.05, 4.69) is 0 Å². The predicted molar refractivity (Wildman–Crippen MR) is 62.6 cm³/mol. The number of aliphatic carboxylic acids is 1. The van der Waals surface area contributed by atoms with Crippen LogP contribution < -0.4 is 0 Å². The lowest BCUT2D eigenvalue weighted by Crippen LogP contribution is -2.41. The van der Waals surface area contributed by atoms with E-state index >= 15 is 0 Å². The van der Waals surface area contributed by atoms with Gasteiger partial charge in [-0.1, -0.05) is 18.2 Å². The molecule has 1 heterocycles. The predicted octanol–water partition coefficient (Wildman–Crippen LogP) is 1.62. The summed E-state index contributed by atoms with van der Waals surface area (Å²) in [7, 11) is 0. The van der Waals surface area contributed by atoms with Crippen LogP contribution in [0.25, 0.3) is 0 Å². The Morgan fingerprint density at radius 2 is 1.83 bits per heavy atom. The van der Waals surface area contributed by atoms with E-state index in [-0.39, 0.29) is 11.7 Å². The Morgan fingerprint density at radius 1 is 1.22 bits per heavy atom. The number of piperidine rings is 1. The topological polar surface area (TPSA) is 57.6 Å². The molecule has 0 bridgehead atoms. The Kier molecular flexibility index (Phi) is 3.60. The number of hydrogen-bond acceptors (Lipinski definition) is 2. The minimum absolute atomic E-state index is 0.0593. The number of hydrogen-bond donors (Lipinski definition) is 1. The summed E-state index contributed by atoms with van der Waals surface area (Å²) >= 11 is 0. The fraction of sp³-hybridized carbons (Fsp3) is 0.385. The van der Waals surface area contributed by atoms with Crippen molar-refractivity contribution in [1.29, 1.82) is 0 Å². The summed E-state index contributed by atoms with van der Waals surface area (Å²) in [5.74, 6) is -2.48. The standard InChI is InChI=1S/C13H14FNO3/c14-11-4-2-1-3-10(11)9-5-7-15(8-6-9)12(16)13(17)18/h1-4,9H,5-8H2,(H,17,18). The van der Waals surface area contributed by atoms with Gasteiger partial charge < -0.3 is 10.0 Å². The van der Waals surface area contributed by atoms with Gasteiger partial charge in [-0.15, -0.1) is 0 Å². The molecular weight excluding hydrogens is 237 g/mol. The highest BCUT2D eigenvalue weighted by Gasteiger charge is 2.28. The Labute approximate surface area is 104 Å². The molecule has 96 valence electrons. The summed E-state index contributed by atoms with van der Waals surface area (Å²) in [6, 6.07) is 6.59. The maximum absolute atomic E-state index is 13.6. The van der Waals surface area contributed by atoms with Crippen LogP contribution in [0.3, 0.4) is 0 Å². The second kappa shape index (κ2) is 5.16. The van der Waals surface area contributed by atoms with E-state index in [1.807, 2.05) is 0 Å². The van der Waals surface area contributed by atoms with Crippen molar-refractivity contribution >= 4 is 11.9 Å². The molecule has 18 heavy (non-hydrogen) atoms. The second-order valence-corrected chi connectivity index (χ2v) is 4.39. The van der Waals surface area contributed by atoms with Gasteiger partial charge in [0.1, 0.15) is 5.82 Å². The molecule has 0 atom stereocenters. The van der Waals surface area contributed by atoms with Gasteiger partial charge in [0, 0.05) is 13.1 Å². The molecule has 1 aliphatic heterocycles. The third-order valence-corrected chi connectivity index (χ3v) is 3.31. The van der Waals surface area contributed by atoms with E-state index < -0.39 is 11.9 Å². The van der Waals surface area contributed by atoms with Gasteiger partial charge in [-0.2, -0.15) is 0 Å². The lowest BCUT2D eigenvalue weighted by atomic mass is 9.89. The zero-order chi connectivity index (χ0) is 13.1. The first-order valence-electron chi connectivity index (χ1n) is 5.86. The molecule has 1 aromatic carbocycles. The number of carbonyl (C=O) groups is 2. The van der Waals surface area contributed by atoms with Crippen molar-refractivity contribution in [1.82, 2.24) is 4.90 Å². The Hall–Kier alpha value is -1.91. The third-order valence-electron chi connectivity index (χ3n) is 3.31. The lowest BCUT2D eigenvalue weighted by molar-refractivity contribution is -0.156. The molecule has 1 aromatic rings. The summed E-state index contributed by atoms with van der Waals surface area (Å²) in [5, 5.41) is 8.61. The summed E-state index contributed by atoms with van der Waals surface area (Å²) in [5.41, 5.74) is 0.653. The van der Waals surface area contributed by atoms with Crippen molar-refractivity contribution in [2.75, 3.05) is 13.1 Å². The van der Waals surface area contributed by atoms with Crippen LogP contribution in [0.1, 0.15) is 24.3 Å². The van der Waals surface area contributed by atoms with Gasteiger partial charge in [0.25, 0.3) is 0 Å². The van der Waals surface area contributed by atoms with Gasteiger partial charge in [-0.3, -0.25) is 4.79 Å². The smallest absolute Gasteiger partial charge is 0.394 e. The molecule has 1 aliphatic rings. The molecular formula is C13H14FNO3. The monoisotopic (exact) mass is 251 g/mol. The summed E-state index contributed by atoms with van der Waals surface area (Å²) < 4.78 is 13.6. The van der Waals surface area contributed by atoms with Gasteiger partial charge >= 0.3 is 11.9 Å². The number of rotatable bonds is 1. The van der Waals surface area contributed by atoms with E-state index in [0.29, 0.717) is 31.5 Å². The van der Waals surface area contributed by atoms with Crippen molar-refractivity contribution in [2.24, 2.45) is 0 Å². The van der Waals surface area contributed by atoms with Crippen LogP contribution in [0.4, 0.5) is 4.39 Å². The van der Waals surface area contributed by atoms with E-state index in [9.17, 15) is 14.0 Å². The average Bonchev–Trinajstić information content (AvgIpc) is 2.38. The first-order chi connectivity index (χ1) is 8.59. The maximum Gasteiger partial charge on any atom is 0.394 e. The first-order valence-corrected chi connectivity index (χ1v) is 5.86. The quantitative estimate of drug-likeness (QED) is 0.771. The van der Waals surface area contributed by atoms with Crippen molar-refractivity contribution in [2.45, 2.75) is 18.8 Å². The second-order valence-electron chi connectivity index (χ2n) is 4.39. The summed E-state index contributed by atoms with van der Waals surface area (Å²) in [6.07, 6.45) is 1.19. The van der Waals surface area contributed by atoms with Crippen molar-refractivity contribution < 1.29 is 19.1 Å². The van der Waals surface area contributed by atoms with E-state index in [1.165, 1.54) is 11.0 Å². The lowest BCUT2D eigenvalue weighted by Gasteiger charge is -2.31. The fourth-order valence-electron chi connectivity index (χ4n) is 2.34.